The number of aryl methyl sites for hydroxylation is 1. The van der Waals surface area contributed by atoms with E-state index in [9.17, 15) is 18.0 Å². The number of fused-ring (bicyclic) bond motifs is 1. The highest BCUT2D eigenvalue weighted by Gasteiger charge is 2.36. The van der Waals surface area contributed by atoms with Crippen molar-refractivity contribution < 1.29 is 22.7 Å². The summed E-state index contributed by atoms with van der Waals surface area (Å²) in [6.07, 6.45) is -3.53. The topological polar surface area (TPSA) is 47.4 Å². The smallest absolute Gasteiger partial charge is 0.416 e. The van der Waals surface area contributed by atoms with Gasteiger partial charge >= 0.3 is 6.18 Å². The molecule has 5 rings (SSSR count). The minimum atomic E-state index is -4.46. The van der Waals surface area contributed by atoms with Crippen molar-refractivity contribution in [2.45, 2.75) is 31.5 Å². The summed E-state index contributed by atoms with van der Waals surface area (Å²) in [4.78, 5) is 19.1. The van der Waals surface area contributed by atoms with E-state index in [4.69, 9.17) is 9.72 Å². The van der Waals surface area contributed by atoms with Gasteiger partial charge < -0.3 is 14.2 Å². The maximum absolute atomic E-state index is 13.2. The maximum atomic E-state index is 13.2. The summed E-state index contributed by atoms with van der Waals surface area (Å²) in [5.41, 5.74) is 1.28. The molecular weight excluding hydrogens is 455 g/mol. The molecule has 4 aromatic rings. The van der Waals surface area contributed by atoms with E-state index < -0.39 is 11.7 Å². The number of imidazole rings is 1. The van der Waals surface area contributed by atoms with Crippen LogP contribution in [-0.4, -0.2) is 28.6 Å². The van der Waals surface area contributed by atoms with Crippen molar-refractivity contribution in [2.75, 3.05) is 18.1 Å². The van der Waals surface area contributed by atoms with Gasteiger partial charge in [-0.2, -0.15) is 13.2 Å². The number of benzene rings is 3. The molecule has 8 heteroatoms. The third-order valence-electron chi connectivity index (χ3n) is 6.20. The molecule has 1 aromatic heterocycles. The highest BCUT2D eigenvalue weighted by molar-refractivity contribution is 5.96. The van der Waals surface area contributed by atoms with Crippen molar-refractivity contribution in [1.82, 2.24) is 9.55 Å². The first-order valence-corrected chi connectivity index (χ1v) is 11.5. The molecule has 0 N–H and O–H groups in total. The molecule has 1 aliphatic heterocycles. The van der Waals surface area contributed by atoms with Crippen molar-refractivity contribution in [3.8, 4) is 5.75 Å². The van der Waals surface area contributed by atoms with Crippen LogP contribution in [0.15, 0.2) is 78.9 Å². The van der Waals surface area contributed by atoms with Crippen molar-refractivity contribution in [3.63, 3.8) is 0 Å². The van der Waals surface area contributed by atoms with Gasteiger partial charge in [0.1, 0.15) is 11.6 Å². The molecule has 1 amide bonds. The summed E-state index contributed by atoms with van der Waals surface area (Å²) in [6.45, 7) is 1.46. The first-order valence-electron chi connectivity index (χ1n) is 11.5. The molecule has 5 nitrogen and oxygen atoms in total. The predicted octanol–water partition coefficient (Wildman–Crippen LogP) is 6.04. The molecule has 0 bridgehead atoms. The monoisotopic (exact) mass is 479 g/mol. The Labute approximate surface area is 200 Å². The van der Waals surface area contributed by atoms with E-state index in [2.05, 4.69) is 4.57 Å². The zero-order valence-electron chi connectivity index (χ0n) is 18.9. The van der Waals surface area contributed by atoms with E-state index in [-0.39, 0.29) is 30.5 Å². The van der Waals surface area contributed by atoms with Gasteiger partial charge in [-0.15, -0.1) is 0 Å². The molecule has 1 atom stereocenters. The lowest BCUT2D eigenvalue weighted by Gasteiger charge is -2.19. The lowest BCUT2D eigenvalue weighted by molar-refractivity contribution is -0.137. The Hall–Kier alpha value is -3.81. The van der Waals surface area contributed by atoms with Crippen LogP contribution < -0.4 is 9.64 Å². The van der Waals surface area contributed by atoms with Gasteiger partial charge in [0.25, 0.3) is 0 Å². The van der Waals surface area contributed by atoms with Crippen LogP contribution >= 0.6 is 0 Å². The number of hydrogen-bond acceptors (Lipinski definition) is 3. The van der Waals surface area contributed by atoms with Crippen LogP contribution in [0, 0.1) is 0 Å². The number of amides is 1. The number of anilines is 1. The Morgan fingerprint density at radius 2 is 1.74 bits per heavy atom. The van der Waals surface area contributed by atoms with E-state index in [1.54, 1.807) is 6.07 Å². The van der Waals surface area contributed by atoms with Crippen LogP contribution in [-0.2, 0) is 17.5 Å². The van der Waals surface area contributed by atoms with Crippen molar-refractivity contribution in [2.24, 2.45) is 0 Å². The summed E-state index contributed by atoms with van der Waals surface area (Å²) in [6, 6.07) is 22.3. The largest absolute Gasteiger partial charge is 0.494 e. The Morgan fingerprint density at radius 3 is 2.54 bits per heavy atom. The van der Waals surface area contributed by atoms with Crippen LogP contribution in [0.25, 0.3) is 11.0 Å². The van der Waals surface area contributed by atoms with Crippen LogP contribution in [0.1, 0.15) is 30.1 Å². The molecule has 35 heavy (non-hydrogen) atoms. The number of hydrogen-bond donors (Lipinski definition) is 0. The lowest BCUT2D eigenvalue weighted by Crippen LogP contribution is -2.25. The zero-order valence-corrected chi connectivity index (χ0v) is 18.9. The second kappa shape index (κ2) is 9.44. The van der Waals surface area contributed by atoms with Gasteiger partial charge in [-0.05, 0) is 48.9 Å². The van der Waals surface area contributed by atoms with Crippen LogP contribution in [0.5, 0.6) is 5.75 Å². The van der Waals surface area contributed by atoms with Gasteiger partial charge in [-0.25, -0.2) is 4.98 Å². The Morgan fingerprint density at radius 1 is 0.971 bits per heavy atom. The Balaban J connectivity index is 1.36. The van der Waals surface area contributed by atoms with Gasteiger partial charge in [0, 0.05) is 31.1 Å². The van der Waals surface area contributed by atoms with Crippen LogP contribution in [0.4, 0.5) is 18.9 Å². The molecule has 1 aliphatic rings. The Bertz CT molecular complexity index is 1330. The van der Waals surface area contributed by atoms with Crippen molar-refractivity contribution >= 4 is 22.6 Å². The fourth-order valence-corrected chi connectivity index (χ4v) is 4.55. The molecule has 0 spiro atoms. The number of rotatable bonds is 7. The summed E-state index contributed by atoms with van der Waals surface area (Å²) >= 11 is 0. The lowest BCUT2D eigenvalue weighted by atomic mass is 10.1. The van der Waals surface area contributed by atoms with Gasteiger partial charge in [-0.1, -0.05) is 36.4 Å². The highest BCUT2D eigenvalue weighted by Crippen LogP contribution is 2.36. The van der Waals surface area contributed by atoms with Gasteiger partial charge in [0.2, 0.25) is 5.91 Å². The standard InChI is InChI=1S/C27H24F3N3O2/c28-27(29,30)20-8-6-9-21(17-20)33-18-19(16-25(33)34)26-31-23-12-4-5-13-24(23)32(26)14-7-15-35-22-10-2-1-3-11-22/h1-6,8-13,17,19H,7,14-16,18H2/t19-/m0/s1. The summed E-state index contributed by atoms with van der Waals surface area (Å²) in [7, 11) is 0. The molecule has 0 aliphatic carbocycles. The molecule has 0 saturated carbocycles. The molecule has 0 radical (unpaired) electrons. The number of alkyl halides is 3. The molecule has 0 unspecified atom stereocenters. The second-order valence-corrected chi connectivity index (χ2v) is 8.58. The van der Waals surface area contributed by atoms with Crippen molar-refractivity contribution in [1.29, 1.82) is 0 Å². The first kappa shape index (κ1) is 23.0. The average molecular weight is 480 g/mol. The first-order chi connectivity index (χ1) is 16.9. The Kier molecular flexibility index (Phi) is 6.19. The molecule has 1 saturated heterocycles. The minimum absolute atomic E-state index is 0.195. The summed E-state index contributed by atoms with van der Waals surface area (Å²) in [5.74, 6) is 1.15. The molecule has 3 aromatic carbocycles. The zero-order chi connectivity index (χ0) is 24.4. The number of aromatic nitrogens is 2. The fraction of sp³-hybridized carbons (Fsp3) is 0.259. The molecule has 2 heterocycles. The normalized spacial score (nSPS) is 16.3. The van der Waals surface area contributed by atoms with E-state index in [1.165, 1.54) is 11.0 Å². The van der Waals surface area contributed by atoms with Crippen LogP contribution in [0.2, 0.25) is 0 Å². The number of halogens is 3. The summed E-state index contributed by atoms with van der Waals surface area (Å²) in [5, 5.41) is 0. The number of carbonyl (C=O) groups is 1. The predicted molar refractivity (Wildman–Crippen MR) is 127 cm³/mol. The number of carbonyl (C=O) groups excluding carboxylic acids is 1. The van der Waals surface area contributed by atoms with E-state index >= 15 is 0 Å². The van der Waals surface area contributed by atoms with E-state index in [1.807, 2.05) is 54.6 Å². The molecule has 1 fully saturated rings. The molecule has 180 valence electrons. The number of para-hydroxylation sites is 3. The third-order valence-corrected chi connectivity index (χ3v) is 6.20. The number of nitrogens with zero attached hydrogens (tertiary/aromatic N) is 3. The minimum Gasteiger partial charge on any atom is -0.494 e. The van der Waals surface area contributed by atoms with Gasteiger partial charge in [0.05, 0.1) is 23.2 Å². The molecular formula is C27H24F3N3O2. The summed E-state index contributed by atoms with van der Waals surface area (Å²) < 4.78 is 47.5. The quantitative estimate of drug-likeness (QED) is 0.304. The third kappa shape index (κ3) is 4.87. The maximum Gasteiger partial charge on any atom is 0.416 e. The van der Waals surface area contributed by atoms with Gasteiger partial charge in [0.15, 0.2) is 0 Å². The van der Waals surface area contributed by atoms with Crippen molar-refractivity contribution in [3.05, 3.63) is 90.3 Å². The number of ether oxygens (including phenoxy) is 1. The van der Waals surface area contributed by atoms with E-state index in [0.717, 1.165) is 41.2 Å². The van der Waals surface area contributed by atoms with Gasteiger partial charge in [-0.3, -0.25) is 4.79 Å². The SMILES string of the molecule is O=C1C[C@H](c2nc3ccccc3n2CCCOc2ccccc2)CN1c1cccc(C(F)(F)F)c1. The fourth-order valence-electron chi connectivity index (χ4n) is 4.55. The average Bonchev–Trinajstić information content (AvgIpc) is 3.42. The highest BCUT2D eigenvalue weighted by atomic mass is 19.4. The van der Waals surface area contributed by atoms with Crippen LogP contribution in [0.3, 0.4) is 0 Å². The second-order valence-electron chi connectivity index (χ2n) is 8.58. The van der Waals surface area contributed by atoms with E-state index in [0.29, 0.717) is 13.2 Å².